The molecule has 0 aromatic heterocycles. The summed E-state index contributed by atoms with van der Waals surface area (Å²) >= 11 is 0. The Balaban J connectivity index is 1.23. The smallest absolute Gasteiger partial charge is 0.338 e. The summed E-state index contributed by atoms with van der Waals surface area (Å²) in [4.78, 5) is 83.3. The van der Waals surface area contributed by atoms with Crippen LogP contribution < -0.4 is 0 Å². The Morgan fingerprint density at radius 1 is 0.329 bits per heavy atom. The van der Waals surface area contributed by atoms with Crippen LogP contribution in [0.1, 0.15) is 62.1 Å². The number of esters is 6. The molecule has 8 rings (SSSR count). The monoisotopic (exact) mass is 994 g/mol. The lowest BCUT2D eigenvalue weighted by Gasteiger charge is -2.48. The molecule has 0 unspecified atom stereocenters. The van der Waals surface area contributed by atoms with Crippen LogP contribution in [-0.2, 0) is 52.1 Å². The van der Waals surface area contributed by atoms with Crippen molar-refractivity contribution in [1.82, 2.24) is 0 Å². The second-order valence-electron chi connectivity index (χ2n) is 16.5. The molecule has 0 amide bonds. The molecule has 2 heterocycles. The second-order valence-corrected chi connectivity index (χ2v) is 16.5. The molecule has 2 aliphatic rings. The van der Waals surface area contributed by atoms with E-state index in [0.29, 0.717) is 0 Å². The minimum Gasteiger partial charge on any atom is -0.459 e. The maximum atomic E-state index is 14.2. The highest BCUT2D eigenvalue weighted by Crippen LogP contribution is 2.36. The Morgan fingerprint density at radius 2 is 0.616 bits per heavy atom. The zero-order chi connectivity index (χ0) is 51.1. The zero-order valence-electron chi connectivity index (χ0n) is 39.4. The maximum absolute atomic E-state index is 14.2. The van der Waals surface area contributed by atoms with Gasteiger partial charge in [0.05, 0.1) is 33.4 Å². The van der Waals surface area contributed by atoms with Gasteiger partial charge in [0.2, 0.25) is 0 Å². The van der Waals surface area contributed by atoms with E-state index in [9.17, 15) is 28.8 Å². The maximum Gasteiger partial charge on any atom is 0.338 e. The molecule has 376 valence electrons. The van der Waals surface area contributed by atoms with Crippen LogP contribution in [0.25, 0.3) is 0 Å². The van der Waals surface area contributed by atoms with Gasteiger partial charge in [0.25, 0.3) is 0 Å². The van der Waals surface area contributed by atoms with E-state index in [0.717, 1.165) is 0 Å². The third-order valence-corrected chi connectivity index (χ3v) is 11.8. The molecule has 0 saturated carbocycles. The molecule has 0 bridgehead atoms. The Hall–Kier alpha value is -8.06. The van der Waals surface area contributed by atoms with Crippen LogP contribution in [0, 0.1) is 0 Å². The lowest BCUT2D eigenvalue weighted by Crippen LogP contribution is -2.67. The van der Waals surface area contributed by atoms with Gasteiger partial charge in [0, 0.05) is 14.2 Å². The van der Waals surface area contributed by atoms with Gasteiger partial charge in [-0.3, -0.25) is 0 Å². The molecule has 0 aliphatic carbocycles. The summed E-state index contributed by atoms with van der Waals surface area (Å²) in [7, 11) is 2.54. The van der Waals surface area contributed by atoms with Gasteiger partial charge in [-0.25, -0.2) is 28.8 Å². The van der Waals surface area contributed by atoms with Crippen LogP contribution in [0.4, 0.5) is 0 Å². The van der Waals surface area contributed by atoms with Crippen molar-refractivity contribution in [1.29, 1.82) is 0 Å². The van der Waals surface area contributed by atoms with Crippen LogP contribution in [0.15, 0.2) is 182 Å². The van der Waals surface area contributed by atoms with E-state index in [-0.39, 0.29) is 33.4 Å². The molecule has 6 aromatic carbocycles. The van der Waals surface area contributed by atoms with Crippen molar-refractivity contribution in [3.8, 4) is 0 Å². The number of carbonyl (C=O) groups excluding carboxylic acids is 6. The van der Waals surface area contributed by atoms with Crippen LogP contribution in [0.2, 0.25) is 0 Å². The van der Waals surface area contributed by atoms with E-state index in [4.69, 9.17) is 52.1 Å². The fourth-order valence-corrected chi connectivity index (χ4v) is 8.13. The van der Waals surface area contributed by atoms with Crippen molar-refractivity contribution in [3.63, 3.8) is 0 Å². The van der Waals surface area contributed by atoms with Crippen molar-refractivity contribution < 1.29 is 80.9 Å². The van der Waals surface area contributed by atoms with Gasteiger partial charge in [-0.05, 0) is 72.8 Å². The standard InChI is InChI=1S/C56H50O17/c1-63-45-43(69-51(59)37-25-13-5-14-26-37)41(33-65-49(57)35-21-9-3-10-22-35)68-56(47(45)71-53(61)39-29-17-7-18-30-39)73-44-42(34-66-50(58)36-23-11-4-12-24-36)67-55(64-2)48(72-54(62)40-31-19-8-20-32-40)46(44)70-52(60)38-27-15-6-16-28-38/h3-32,41-48,55-56H,33-34H2,1-2H3/t41-,42-,43+,44+,45+,46+,47-,48-,55+,56+/m1/s1. The van der Waals surface area contributed by atoms with E-state index in [1.807, 2.05) is 0 Å². The van der Waals surface area contributed by atoms with Crippen molar-refractivity contribution in [2.24, 2.45) is 0 Å². The molecule has 2 aliphatic heterocycles. The Morgan fingerprint density at radius 3 is 0.959 bits per heavy atom. The van der Waals surface area contributed by atoms with Crippen LogP contribution in [0.5, 0.6) is 0 Å². The highest BCUT2D eigenvalue weighted by atomic mass is 16.8. The summed E-state index contributed by atoms with van der Waals surface area (Å²) < 4.78 is 68.1. The number of hydrogen-bond acceptors (Lipinski definition) is 17. The van der Waals surface area contributed by atoms with Gasteiger partial charge < -0.3 is 52.1 Å². The molecular weight excluding hydrogens is 945 g/mol. The first-order valence-corrected chi connectivity index (χ1v) is 23.1. The average Bonchev–Trinajstić information content (AvgIpc) is 3.44. The highest BCUT2D eigenvalue weighted by Gasteiger charge is 2.57. The molecule has 2 fully saturated rings. The van der Waals surface area contributed by atoms with Gasteiger partial charge in [0.1, 0.15) is 37.6 Å². The zero-order valence-corrected chi connectivity index (χ0v) is 39.4. The summed E-state index contributed by atoms with van der Waals surface area (Å²) in [5.41, 5.74) is 0.848. The van der Waals surface area contributed by atoms with Gasteiger partial charge in [-0.15, -0.1) is 0 Å². The largest absolute Gasteiger partial charge is 0.459 e. The number of methoxy groups -OCH3 is 2. The van der Waals surface area contributed by atoms with Crippen LogP contribution in [0.3, 0.4) is 0 Å². The second kappa shape index (κ2) is 24.9. The minimum atomic E-state index is -1.83. The summed E-state index contributed by atoms with van der Waals surface area (Å²) in [5, 5.41) is 0. The summed E-state index contributed by atoms with van der Waals surface area (Å²) in [5.74, 6) is -5.01. The normalized spacial score (nSPS) is 23.4. The fraction of sp³-hybridized carbons (Fsp3) is 0.250. The van der Waals surface area contributed by atoms with Gasteiger partial charge >= 0.3 is 35.8 Å². The minimum absolute atomic E-state index is 0.0910. The average molecular weight is 995 g/mol. The predicted octanol–water partition coefficient (Wildman–Crippen LogP) is 7.10. The molecule has 73 heavy (non-hydrogen) atoms. The van der Waals surface area contributed by atoms with Crippen molar-refractivity contribution >= 4 is 35.8 Å². The van der Waals surface area contributed by atoms with Crippen LogP contribution >= 0.6 is 0 Å². The van der Waals surface area contributed by atoms with Gasteiger partial charge in [0.15, 0.2) is 37.0 Å². The Kier molecular flexibility index (Phi) is 17.5. The lowest BCUT2D eigenvalue weighted by atomic mass is 9.95. The van der Waals surface area contributed by atoms with Gasteiger partial charge in [-0.2, -0.15) is 0 Å². The Labute approximate surface area is 419 Å². The van der Waals surface area contributed by atoms with E-state index < -0.39 is 110 Å². The van der Waals surface area contributed by atoms with Crippen LogP contribution in [-0.4, -0.2) is 125 Å². The summed E-state index contributed by atoms with van der Waals surface area (Å²) in [6, 6.07) is 48.1. The first kappa shape index (κ1) is 51.3. The lowest BCUT2D eigenvalue weighted by molar-refractivity contribution is -0.355. The molecule has 0 spiro atoms. The van der Waals surface area contributed by atoms with E-state index in [1.54, 1.807) is 121 Å². The summed E-state index contributed by atoms with van der Waals surface area (Å²) in [6.45, 7) is -1.18. The number of carbonyl (C=O) groups is 6. The number of hydrogen-bond donors (Lipinski definition) is 0. The number of rotatable bonds is 18. The molecule has 17 nitrogen and oxygen atoms in total. The summed E-state index contributed by atoms with van der Waals surface area (Å²) in [6.07, 6.45) is -15.8. The predicted molar refractivity (Wildman–Crippen MR) is 256 cm³/mol. The SMILES string of the molecule is CO[C@H]1O[C@H](COC(=O)c2ccccc2)[C@H](O[C@@H]2O[C@H](COC(=O)c3ccccc3)[C@H](OC(=O)c3ccccc3)[C@H](OC)[C@H]2OC(=O)c2ccccc2)[C@H](OC(=O)c2ccccc2)[C@H]1OC(=O)c1ccccc1. The number of ether oxygens (including phenoxy) is 11. The van der Waals surface area contributed by atoms with Crippen molar-refractivity contribution in [3.05, 3.63) is 215 Å². The quantitative estimate of drug-likeness (QED) is 0.0622. The third kappa shape index (κ3) is 12.9. The first-order chi connectivity index (χ1) is 35.6. The van der Waals surface area contributed by atoms with E-state index in [1.165, 1.54) is 74.9 Å². The Bertz CT molecular complexity index is 2770. The highest BCUT2D eigenvalue weighted by molar-refractivity contribution is 5.92. The molecule has 0 radical (unpaired) electrons. The molecule has 17 heteroatoms. The molecule has 2 saturated heterocycles. The van der Waals surface area contributed by atoms with Crippen molar-refractivity contribution in [2.75, 3.05) is 27.4 Å². The first-order valence-electron chi connectivity index (χ1n) is 23.1. The molecule has 0 N–H and O–H groups in total. The molecular formula is C56H50O17. The third-order valence-electron chi connectivity index (χ3n) is 11.8. The van der Waals surface area contributed by atoms with E-state index >= 15 is 0 Å². The fourth-order valence-electron chi connectivity index (χ4n) is 8.13. The van der Waals surface area contributed by atoms with Crippen molar-refractivity contribution in [2.45, 2.75) is 61.4 Å². The molecule has 6 aromatic rings. The van der Waals surface area contributed by atoms with E-state index in [2.05, 4.69) is 0 Å². The topological polar surface area (TPSA) is 204 Å². The number of benzene rings is 6. The molecule has 10 atom stereocenters. The van der Waals surface area contributed by atoms with Gasteiger partial charge in [-0.1, -0.05) is 109 Å².